The van der Waals surface area contributed by atoms with E-state index in [1.807, 2.05) is 48.2 Å². The van der Waals surface area contributed by atoms with Gasteiger partial charge in [-0.1, -0.05) is 47.6 Å². The summed E-state index contributed by atoms with van der Waals surface area (Å²) in [6, 6.07) is 16.9. The molecule has 1 N–H and O–H groups in total. The number of carbonyl (C=O) groups excluding carboxylic acids is 2. The van der Waals surface area contributed by atoms with Gasteiger partial charge < -0.3 is 19.5 Å². The first-order valence-electron chi connectivity index (χ1n) is 10.3. The van der Waals surface area contributed by atoms with E-state index in [-0.39, 0.29) is 24.3 Å². The number of hydrogen-bond donors (Lipinski definition) is 1. The summed E-state index contributed by atoms with van der Waals surface area (Å²) in [6.45, 7) is 3.54. The van der Waals surface area contributed by atoms with E-state index in [0.717, 1.165) is 5.56 Å². The molecule has 4 rings (SSSR count). The number of aromatic nitrogens is 2. The second-order valence-electron chi connectivity index (χ2n) is 7.32. The normalized spacial score (nSPS) is 15.8. The molecule has 1 atom stereocenters. The second-order valence-corrected chi connectivity index (χ2v) is 7.32. The van der Waals surface area contributed by atoms with Gasteiger partial charge in [-0.2, -0.15) is 4.98 Å². The summed E-state index contributed by atoms with van der Waals surface area (Å²) in [5.74, 6) is 0.976. The fourth-order valence-corrected chi connectivity index (χ4v) is 3.59. The van der Waals surface area contributed by atoms with E-state index in [9.17, 15) is 9.59 Å². The maximum absolute atomic E-state index is 12.5. The van der Waals surface area contributed by atoms with Gasteiger partial charge in [0.25, 0.3) is 5.91 Å². The van der Waals surface area contributed by atoms with Crippen molar-refractivity contribution in [3.8, 4) is 5.75 Å². The molecule has 1 aliphatic rings. The van der Waals surface area contributed by atoms with Crippen LogP contribution in [0.1, 0.15) is 46.9 Å². The number of nitrogens with one attached hydrogen (secondary N) is 1. The first-order chi connectivity index (χ1) is 15.1. The number of nitrogens with zero attached hydrogens (tertiary/aromatic N) is 3. The number of para-hydroxylation sites is 1. The molecule has 1 fully saturated rings. The van der Waals surface area contributed by atoms with E-state index in [4.69, 9.17) is 9.26 Å². The van der Waals surface area contributed by atoms with Crippen LogP contribution in [0.25, 0.3) is 0 Å². The van der Waals surface area contributed by atoms with Gasteiger partial charge >= 0.3 is 0 Å². The van der Waals surface area contributed by atoms with Crippen molar-refractivity contribution in [2.45, 2.75) is 32.4 Å². The summed E-state index contributed by atoms with van der Waals surface area (Å²) >= 11 is 0. The second kappa shape index (κ2) is 9.42. The maximum Gasteiger partial charge on any atom is 0.255 e. The van der Waals surface area contributed by atoms with E-state index >= 15 is 0 Å². The molecule has 1 saturated heterocycles. The summed E-state index contributed by atoms with van der Waals surface area (Å²) in [5.41, 5.74) is 1.53. The molecule has 3 aromatic rings. The molecule has 0 radical (unpaired) electrons. The molecular formula is C23H24N4O4. The highest BCUT2D eigenvalue weighted by Crippen LogP contribution is 2.27. The maximum atomic E-state index is 12.5. The lowest BCUT2D eigenvalue weighted by Gasteiger charge is -2.15. The predicted molar refractivity (Wildman–Crippen MR) is 112 cm³/mol. The molecule has 0 aliphatic carbocycles. The first-order valence-corrected chi connectivity index (χ1v) is 10.3. The number of ether oxygens (including phenoxy) is 1. The van der Waals surface area contributed by atoms with E-state index in [2.05, 4.69) is 15.5 Å². The molecular weight excluding hydrogens is 396 g/mol. The molecule has 0 bridgehead atoms. The number of carbonyl (C=O) groups is 2. The lowest BCUT2D eigenvalue weighted by atomic mass is 10.1. The Hall–Kier alpha value is -3.68. The van der Waals surface area contributed by atoms with Crippen LogP contribution in [0.2, 0.25) is 0 Å². The number of rotatable bonds is 8. The van der Waals surface area contributed by atoms with Gasteiger partial charge in [-0.05, 0) is 24.6 Å². The standard InChI is InChI=1S/C23H24N4O4/c1-2-30-19-11-7-6-10-18(19)23(29)24-13-20-25-22(26-31-20)17-12-21(28)27(15-17)14-16-8-4-3-5-9-16/h3-11,17H,2,12-15H2,1H3,(H,24,29)/t17-/m0/s1. The van der Waals surface area contributed by atoms with Crippen LogP contribution < -0.4 is 10.1 Å². The Morgan fingerprint density at radius 3 is 2.77 bits per heavy atom. The van der Waals surface area contributed by atoms with Gasteiger partial charge in [-0.25, -0.2) is 0 Å². The van der Waals surface area contributed by atoms with Crippen LogP contribution in [0.3, 0.4) is 0 Å². The zero-order valence-corrected chi connectivity index (χ0v) is 17.3. The smallest absolute Gasteiger partial charge is 0.255 e. The third kappa shape index (κ3) is 4.91. The average Bonchev–Trinajstić information content (AvgIpc) is 3.40. The Morgan fingerprint density at radius 2 is 1.97 bits per heavy atom. The minimum absolute atomic E-state index is 0.0704. The van der Waals surface area contributed by atoms with E-state index in [1.165, 1.54) is 0 Å². The summed E-state index contributed by atoms with van der Waals surface area (Å²) in [5, 5.41) is 6.81. The highest BCUT2D eigenvalue weighted by Gasteiger charge is 2.33. The van der Waals surface area contributed by atoms with Gasteiger partial charge in [-0.3, -0.25) is 9.59 Å². The van der Waals surface area contributed by atoms with Crippen LogP contribution in [0.4, 0.5) is 0 Å². The molecule has 1 aromatic heterocycles. The van der Waals surface area contributed by atoms with Crippen molar-refractivity contribution < 1.29 is 18.8 Å². The molecule has 2 aromatic carbocycles. The molecule has 0 saturated carbocycles. The van der Waals surface area contributed by atoms with E-state index < -0.39 is 0 Å². The average molecular weight is 420 g/mol. The van der Waals surface area contributed by atoms with E-state index in [0.29, 0.717) is 49.1 Å². The molecule has 2 heterocycles. The number of hydrogen-bond acceptors (Lipinski definition) is 6. The first kappa shape index (κ1) is 20.6. The van der Waals surface area contributed by atoms with E-state index in [1.54, 1.807) is 18.2 Å². The van der Waals surface area contributed by atoms with Gasteiger partial charge in [0.15, 0.2) is 5.82 Å². The molecule has 1 aliphatic heterocycles. The van der Waals surface area contributed by atoms with Crippen LogP contribution in [0, 0.1) is 0 Å². The van der Waals surface area contributed by atoms with Crippen LogP contribution in [-0.2, 0) is 17.9 Å². The lowest BCUT2D eigenvalue weighted by molar-refractivity contribution is -0.128. The topological polar surface area (TPSA) is 97.6 Å². The minimum Gasteiger partial charge on any atom is -0.493 e. The van der Waals surface area contributed by atoms with Crippen molar-refractivity contribution in [2.24, 2.45) is 0 Å². The fourth-order valence-electron chi connectivity index (χ4n) is 3.59. The predicted octanol–water partition coefficient (Wildman–Crippen LogP) is 2.91. The number of amides is 2. The highest BCUT2D eigenvalue weighted by molar-refractivity contribution is 5.96. The summed E-state index contributed by atoms with van der Waals surface area (Å²) in [4.78, 5) is 31.1. The summed E-state index contributed by atoms with van der Waals surface area (Å²) in [6.07, 6.45) is 0.347. The van der Waals surface area contributed by atoms with Crippen molar-refractivity contribution >= 4 is 11.8 Å². The van der Waals surface area contributed by atoms with Crippen molar-refractivity contribution in [1.29, 1.82) is 0 Å². The van der Waals surface area contributed by atoms with Crippen molar-refractivity contribution in [3.05, 3.63) is 77.4 Å². The van der Waals surface area contributed by atoms with Crippen molar-refractivity contribution in [3.63, 3.8) is 0 Å². The molecule has 160 valence electrons. The van der Waals surface area contributed by atoms with Crippen molar-refractivity contribution in [2.75, 3.05) is 13.2 Å². The third-order valence-electron chi connectivity index (χ3n) is 5.11. The zero-order chi connectivity index (χ0) is 21.6. The quantitative estimate of drug-likeness (QED) is 0.602. The van der Waals surface area contributed by atoms with Crippen LogP contribution >= 0.6 is 0 Å². The Balaban J connectivity index is 1.34. The zero-order valence-electron chi connectivity index (χ0n) is 17.3. The Morgan fingerprint density at radius 1 is 1.19 bits per heavy atom. The Bertz CT molecular complexity index is 1050. The number of likely N-dealkylation sites (tertiary alicyclic amines) is 1. The molecule has 8 heteroatoms. The van der Waals surface area contributed by atoms with Gasteiger partial charge in [0.1, 0.15) is 5.75 Å². The van der Waals surface area contributed by atoms with Crippen LogP contribution in [-0.4, -0.2) is 40.0 Å². The monoisotopic (exact) mass is 420 g/mol. The van der Waals surface area contributed by atoms with Crippen LogP contribution in [0.5, 0.6) is 5.75 Å². The molecule has 2 amide bonds. The largest absolute Gasteiger partial charge is 0.493 e. The third-order valence-corrected chi connectivity index (χ3v) is 5.11. The van der Waals surface area contributed by atoms with Crippen LogP contribution in [0.15, 0.2) is 59.1 Å². The fraction of sp³-hybridized carbons (Fsp3) is 0.304. The van der Waals surface area contributed by atoms with Gasteiger partial charge in [0, 0.05) is 25.4 Å². The molecule has 0 unspecified atom stereocenters. The lowest BCUT2D eigenvalue weighted by Crippen LogP contribution is -2.24. The molecule has 31 heavy (non-hydrogen) atoms. The van der Waals surface area contributed by atoms with Crippen molar-refractivity contribution in [1.82, 2.24) is 20.4 Å². The molecule has 8 nitrogen and oxygen atoms in total. The Labute approximate surface area is 180 Å². The number of benzene rings is 2. The summed E-state index contributed by atoms with van der Waals surface area (Å²) < 4.78 is 10.8. The van der Waals surface area contributed by atoms with Gasteiger partial charge in [0.2, 0.25) is 11.8 Å². The Kier molecular flexibility index (Phi) is 6.26. The molecule has 0 spiro atoms. The minimum atomic E-state index is -0.283. The summed E-state index contributed by atoms with van der Waals surface area (Å²) in [7, 11) is 0. The van der Waals surface area contributed by atoms with Gasteiger partial charge in [0.05, 0.1) is 18.7 Å². The SMILES string of the molecule is CCOc1ccccc1C(=O)NCc1nc([C@H]2CC(=O)N(Cc3ccccc3)C2)no1. The van der Waals surface area contributed by atoms with Gasteiger partial charge in [-0.15, -0.1) is 0 Å². The highest BCUT2D eigenvalue weighted by atomic mass is 16.5.